The Morgan fingerprint density at radius 1 is 0.898 bits per heavy atom. The fourth-order valence-electron chi connectivity index (χ4n) is 12.4. The van der Waals surface area contributed by atoms with Gasteiger partial charge in [-0.15, -0.1) is 0 Å². The van der Waals surface area contributed by atoms with Crippen LogP contribution in [-0.4, -0.2) is 45.8 Å². The highest BCUT2D eigenvalue weighted by Gasteiger charge is 2.70. The first kappa shape index (κ1) is 36.3. The molecule has 4 fully saturated rings. The topological polar surface area (TPSA) is 86.7 Å². The molecule has 4 saturated carbocycles. The maximum atomic E-state index is 14.8. The lowest BCUT2D eigenvalue weighted by Gasteiger charge is -2.70. The van der Waals surface area contributed by atoms with E-state index in [9.17, 15) is 19.5 Å². The Morgan fingerprint density at radius 2 is 1.55 bits per heavy atom. The number of fused-ring (bicyclic) bond motifs is 7. The van der Waals surface area contributed by atoms with Gasteiger partial charge in [0.25, 0.3) is 0 Å². The summed E-state index contributed by atoms with van der Waals surface area (Å²) in [6.07, 6.45) is 9.98. The van der Waals surface area contributed by atoms with Crippen LogP contribution in [0.4, 0.5) is 0 Å². The van der Waals surface area contributed by atoms with Crippen molar-refractivity contribution < 1.29 is 19.5 Å². The van der Waals surface area contributed by atoms with Gasteiger partial charge in [0.1, 0.15) is 0 Å². The second kappa shape index (κ2) is 11.8. The molecule has 6 heteroatoms. The molecule has 6 nitrogen and oxygen atoms in total. The van der Waals surface area contributed by atoms with E-state index in [4.69, 9.17) is 0 Å². The van der Waals surface area contributed by atoms with Gasteiger partial charge >= 0.3 is 0 Å². The van der Waals surface area contributed by atoms with Gasteiger partial charge in [0.05, 0.1) is 12.6 Å². The smallest absolute Gasteiger partial charge is 0.240 e. The van der Waals surface area contributed by atoms with E-state index < -0.39 is 5.41 Å². The third kappa shape index (κ3) is 5.75. The molecule has 0 bridgehead atoms. The van der Waals surface area contributed by atoms with E-state index >= 15 is 0 Å². The minimum Gasteiger partial charge on any atom is -0.393 e. The molecule has 49 heavy (non-hydrogen) atoms. The van der Waals surface area contributed by atoms with Crippen molar-refractivity contribution in [3.8, 4) is 0 Å². The van der Waals surface area contributed by atoms with Crippen LogP contribution in [0.25, 0.3) is 0 Å². The first-order chi connectivity index (χ1) is 22.6. The Morgan fingerprint density at radius 3 is 2.20 bits per heavy atom. The number of carbonyl (C=O) groups is 3. The summed E-state index contributed by atoms with van der Waals surface area (Å²) in [6.45, 7) is 22.5. The number of hydrogen-bond acceptors (Lipinski definition) is 4. The second-order valence-electron chi connectivity index (χ2n) is 20.1. The first-order valence-corrected chi connectivity index (χ1v) is 19.2. The Hall–Kier alpha value is -2.47. The van der Waals surface area contributed by atoms with E-state index in [1.807, 2.05) is 51.1 Å². The standard InChI is InChI=1S/C43H64N2O4/c1-37(2,3)44-34(48)27-45(26-28-14-12-11-13-15-28)36(49)40(7)21-20-39(6)22-23-42(9)29(30(39)25-40)24-31(46)35-41(8)18-17-33(47)38(4,5)32(41)16-19-43(35,42)10/h11-15,24,30,32-33,35,47H,16-23,25-27H2,1-10H3,(H,44,48)/t30-,32+,33+,35-,39-,40+,41+,42-,43-/m1/s1. The van der Waals surface area contributed by atoms with Crippen molar-refractivity contribution >= 4 is 17.6 Å². The lowest BCUT2D eigenvalue weighted by molar-refractivity contribution is -0.202. The minimum absolute atomic E-state index is 0.0198. The molecule has 9 atom stereocenters. The van der Waals surface area contributed by atoms with Gasteiger partial charge in [0.2, 0.25) is 11.8 Å². The maximum Gasteiger partial charge on any atom is 0.240 e. The van der Waals surface area contributed by atoms with E-state index in [0.29, 0.717) is 18.9 Å². The molecule has 0 spiro atoms. The second-order valence-corrected chi connectivity index (χ2v) is 20.1. The number of nitrogens with one attached hydrogen (secondary N) is 1. The molecule has 1 aromatic carbocycles. The Balaban J connectivity index is 1.35. The Kier molecular flexibility index (Phi) is 8.74. The van der Waals surface area contributed by atoms with Crippen molar-refractivity contribution in [2.45, 2.75) is 145 Å². The predicted molar refractivity (Wildman–Crippen MR) is 195 cm³/mol. The average Bonchev–Trinajstić information content (AvgIpc) is 3.00. The lowest BCUT2D eigenvalue weighted by Crippen LogP contribution is -2.66. The van der Waals surface area contributed by atoms with Crippen molar-refractivity contribution in [1.29, 1.82) is 0 Å². The van der Waals surface area contributed by atoms with Crippen LogP contribution < -0.4 is 5.32 Å². The Labute approximate surface area is 296 Å². The van der Waals surface area contributed by atoms with Crippen LogP contribution in [0, 0.1) is 50.2 Å². The highest BCUT2D eigenvalue weighted by atomic mass is 16.3. The fourth-order valence-corrected chi connectivity index (χ4v) is 12.4. The van der Waals surface area contributed by atoms with E-state index in [-0.39, 0.29) is 74.7 Å². The van der Waals surface area contributed by atoms with Gasteiger partial charge in [0.15, 0.2) is 5.78 Å². The SMILES string of the molecule is CC(C)(C)NC(=O)CN(Cc1ccccc1)C(=O)[C@@]1(C)CC[C@]2(C)CC[C@]3(C)C(=CC(=O)[C@@H]4[C@@]5(C)CC[C@H](O)C(C)(C)[C@@H]5CC[C@]43C)[C@H]2C1. The number of rotatable bonds is 5. The molecule has 1 aromatic rings. The van der Waals surface area contributed by atoms with E-state index in [1.54, 1.807) is 4.90 Å². The van der Waals surface area contributed by atoms with Crippen LogP contribution in [0.5, 0.6) is 0 Å². The third-order valence-corrected chi connectivity index (χ3v) is 15.4. The zero-order chi connectivity index (χ0) is 36.0. The summed E-state index contributed by atoms with van der Waals surface area (Å²) in [7, 11) is 0. The highest BCUT2D eigenvalue weighted by Crippen LogP contribution is 2.75. The van der Waals surface area contributed by atoms with Crippen LogP contribution >= 0.6 is 0 Å². The monoisotopic (exact) mass is 672 g/mol. The fraction of sp³-hybridized carbons (Fsp3) is 0.744. The molecule has 0 aromatic heterocycles. The van der Waals surface area contributed by atoms with Crippen molar-refractivity contribution in [2.24, 2.45) is 50.2 Å². The molecule has 0 aliphatic heterocycles. The first-order valence-electron chi connectivity index (χ1n) is 19.2. The summed E-state index contributed by atoms with van der Waals surface area (Å²) < 4.78 is 0. The molecule has 270 valence electrons. The summed E-state index contributed by atoms with van der Waals surface area (Å²) in [6, 6.07) is 9.98. The molecule has 5 aliphatic rings. The molecule has 2 N–H and O–H groups in total. The van der Waals surface area contributed by atoms with E-state index in [2.05, 4.69) is 59.9 Å². The summed E-state index contributed by atoms with van der Waals surface area (Å²) in [4.78, 5) is 44.6. The molecule has 6 rings (SSSR count). The van der Waals surface area contributed by atoms with Gasteiger partial charge in [-0.2, -0.15) is 0 Å². The highest BCUT2D eigenvalue weighted by molar-refractivity contribution is 5.96. The summed E-state index contributed by atoms with van der Waals surface area (Å²) >= 11 is 0. The molecular formula is C43H64N2O4. The van der Waals surface area contributed by atoms with Gasteiger partial charge in [-0.3, -0.25) is 14.4 Å². The molecule has 0 radical (unpaired) electrons. The van der Waals surface area contributed by atoms with Gasteiger partial charge < -0.3 is 15.3 Å². The number of ketones is 1. The maximum absolute atomic E-state index is 14.8. The van der Waals surface area contributed by atoms with Crippen molar-refractivity contribution in [2.75, 3.05) is 6.54 Å². The molecular weight excluding hydrogens is 608 g/mol. The predicted octanol–water partition coefficient (Wildman–Crippen LogP) is 8.27. The third-order valence-electron chi connectivity index (χ3n) is 15.4. The molecule has 0 heterocycles. The average molecular weight is 673 g/mol. The molecule has 2 amide bonds. The van der Waals surface area contributed by atoms with E-state index in [0.717, 1.165) is 56.9 Å². The van der Waals surface area contributed by atoms with Crippen LogP contribution in [0.3, 0.4) is 0 Å². The van der Waals surface area contributed by atoms with Crippen LogP contribution in [-0.2, 0) is 20.9 Å². The number of amides is 2. The molecule has 5 aliphatic carbocycles. The zero-order valence-corrected chi connectivity index (χ0v) is 32.2. The molecule has 0 saturated heterocycles. The number of benzene rings is 1. The van der Waals surface area contributed by atoms with Gasteiger partial charge in [-0.1, -0.05) is 84.4 Å². The lowest BCUT2D eigenvalue weighted by atomic mass is 9.33. The summed E-state index contributed by atoms with van der Waals surface area (Å²) in [5, 5.41) is 14.1. The van der Waals surface area contributed by atoms with Gasteiger partial charge in [-0.25, -0.2) is 0 Å². The van der Waals surface area contributed by atoms with Crippen LogP contribution in [0.1, 0.15) is 133 Å². The number of nitrogens with zero attached hydrogens (tertiary/aromatic N) is 1. The Bertz CT molecular complexity index is 1530. The number of aliphatic hydroxyl groups excluding tert-OH is 1. The quantitative estimate of drug-likeness (QED) is 0.330. The van der Waals surface area contributed by atoms with Gasteiger partial charge in [0, 0.05) is 23.4 Å². The largest absolute Gasteiger partial charge is 0.393 e. The minimum atomic E-state index is -0.645. The van der Waals surface area contributed by atoms with Crippen molar-refractivity contribution in [3.63, 3.8) is 0 Å². The number of allylic oxidation sites excluding steroid dienone is 2. The summed E-state index contributed by atoms with van der Waals surface area (Å²) in [5.41, 5.74) is 0.612. The normalized spacial score (nSPS) is 41.3. The zero-order valence-electron chi connectivity index (χ0n) is 32.2. The van der Waals surface area contributed by atoms with Gasteiger partial charge in [-0.05, 0) is 129 Å². The number of aliphatic hydroxyl groups is 1. The molecule has 0 unspecified atom stereocenters. The number of carbonyl (C=O) groups excluding carboxylic acids is 3. The van der Waals surface area contributed by atoms with E-state index in [1.165, 1.54) is 5.57 Å². The van der Waals surface area contributed by atoms with Crippen LogP contribution in [0.2, 0.25) is 0 Å². The van der Waals surface area contributed by atoms with Crippen LogP contribution in [0.15, 0.2) is 42.0 Å². The number of hydrogen-bond donors (Lipinski definition) is 2. The van der Waals surface area contributed by atoms with Crippen molar-refractivity contribution in [3.05, 3.63) is 47.5 Å². The summed E-state index contributed by atoms with van der Waals surface area (Å²) in [5.74, 6) is 0.545. The van der Waals surface area contributed by atoms with Crippen molar-refractivity contribution in [1.82, 2.24) is 10.2 Å².